The van der Waals surface area contributed by atoms with Gasteiger partial charge in [-0.3, -0.25) is 9.59 Å². The normalized spacial score (nSPS) is 11.9. The van der Waals surface area contributed by atoms with Crippen molar-refractivity contribution in [1.29, 1.82) is 0 Å². The molecule has 6 heteroatoms. The van der Waals surface area contributed by atoms with E-state index in [2.05, 4.69) is 10.3 Å². The minimum absolute atomic E-state index is 0.185. The minimum atomic E-state index is -0.828. The number of H-pyrrole nitrogens is 1. The van der Waals surface area contributed by atoms with Crippen molar-refractivity contribution < 1.29 is 19.1 Å². The second-order valence-corrected chi connectivity index (χ2v) is 4.66. The molecule has 1 amide bonds. The van der Waals surface area contributed by atoms with Crippen LogP contribution < -0.4 is 5.32 Å². The predicted molar refractivity (Wildman–Crippen MR) is 77.0 cm³/mol. The molecule has 0 aliphatic rings. The number of aromatic amines is 1. The van der Waals surface area contributed by atoms with Gasteiger partial charge in [-0.25, -0.2) is 4.79 Å². The van der Waals surface area contributed by atoms with E-state index < -0.39 is 12.0 Å². The number of hydrogen-bond acceptors (Lipinski definition) is 4. The Labute approximate surface area is 121 Å². The summed E-state index contributed by atoms with van der Waals surface area (Å²) in [5, 5.41) is 3.39. The van der Waals surface area contributed by atoms with E-state index in [-0.39, 0.29) is 12.3 Å². The Kier molecular flexibility index (Phi) is 4.37. The molecule has 21 heavy (non-hydrogen) atoms. The van der Waals surface area contributed by atoms with Gasteiger partial charge in [0.15, 0.2) is 6.29 Å². The molecule has 0 bridgehead atoms. The first kappa shape index (κ1) is 14.8. The molecule has 1 unspecified atom stereocenters. The molecule has 0 fully saturated rings. The average Bonchev–Trinajstić information content (AvgIpc) is 2.83. The molecular formula is C15H16N2O4. The van der Waals surface area contributed by atoms with Crippen LogP contribution in [-0.4, -0.2) is 36.3 Å². The number of amides is 1. The molecule has 0 saturated carbocycles. The quantitative estimate of drug-likeness (QED) is 0.639. The van der Waals surface area contributed by atoms with Crippen LogP contribution >= 0.6 is 0 Å². The third-order valence-electron chi connectivity index (χ3n) is 3.24. The minimum Gasteiger partial charge on any atom is -0.467 e. The van der Waals surface area contributed by atoms with Gasteiger partial charge in [-0.15, -0.1) is 0 Å². The molecule has 2 N–H and O–H groups in total. The van der Waals surface area contributed by atoms with E-state index in [4.69, 9.17) is 4.74 Å². The Morgan fingerprint density at radius 1 is 1.38 bits per heavy atom. The largest absolute Gasteiger partial charge is 0.467 e. The molecule has 0 aliphatic carbocycles. The first-order valence-corrected chi connectivity index (χ1v) is 6.46. The van der Waals surface area contributed by atoms with Gasteiger partial charge in [0.25, 0.3) is 0 Å². The van der Waals surface area contributed by atoms with Crippen molar-refractivity contribution in [2.45, 2.75) is 19.4 Å². The summed E-state index contributed by atoms with van der Waals surface area (Å²) < 4.78 is 4.70. The molecule has 1 aromatic carbocycles. The zero-order chi connectivity index (χ0) is 15.4. The molecule has 0 saturated heterocycles. The number of carbonyl (C=O) groups is 3. The monoisotopic (exact) mass is 288 g/mol. The summed E-state index contributed by atoms with van der Waals surface area (Å²) in [6, 6.07) is 6.57. The molecular weight excluding hydrogens is 272 g/mol. The third kappa shape index (κ3) is 3.10. The molecule has 2 rings (SSSR count). The number of carbonyl (C=O) groups excluding carboxylic acids is 3. The van der Waals surface area contributed by atoms with Crippen molar-refractivity contribution in [2.24, 2.45) is 0 Å². The van der Waals surface area contributed by atoms with Gasteiger partial charge in [-0.1, -0.05) is 18.2 Å². The van der Waals surface area contributed by atoms with Crippen molar-refractivity contribution in [2.75, 3.05) is 7.11 Å². The van der Waals surface area contributed by atoms with Gasteiger partial charge in [0.1, 0.15) is 6.04 Å². The third-order valence-corrected chi connectivity index (χ3v) is 3.24. The van der Waals surface area contributed by atoms with E-state index in [9.17, 15) is 14.4 Å². The Hall–Kier alpha value is -2.63. The van der Waals surface area contributed by atoms with Crippen LogP contribution in [0.5, 0.6) is 0 Å². The van der Waals surface area contributed by atoms with Crippen molar-refractivity contribution >= 4 is 29.1 Å². The van der Waals surface area contributed by atoms with Crippen molar-refractivity contribution in [1.82, 2.24) is 10.3 Å². The smallest absolute Gasteiger partial charge is 0.328 e. The lowest BCUT2D eigenvalue weighted by Gasteiger charge is -2.15. The van der Waals surface area contributed by atoms with Crippen molar-refractivity contribution in [3.05, 3.63) is 35.5 Å². The van der Waals surface area contributed by atoms with Crippen LogP contribution in [0.25, 0.3) is 10.9 Å². The van der Waals surface area contributed by atoms with Gasteiger partial charge < -0.3 is 15.0 Å². The maximum atomic E-state index is 11.8. The molecule has 6 nitrogen and oxygen atoms in total. The number of esters is 1. The first-order chi connectivity index (χ1) is 10.1. The molecule has 1 heterocycles. The SMILES string of the molecule is COC(=O)C(Cc1c(C=O)[nH]c2ccccc12)NC(C)=O. The molecule has 0 aliphatic heterocycles. The number of aromatic nitrogens is 1. The van der Waals surface area contributed by atoms with E-state index in [1.165, 1.54) is 14.0 Å². The number of fused-ring (bicyclic) bond motifs is 1. The summed E-state index contributed by atoms with van der Waals surface area (Å²) in [7, 11) is 1.26. The van der Waals surface area contributed by atoms with Gasteiger partial charge in [0.05, 0.1) is 12.8 Å². The highest BCUT2D eigenvalue weighted by atomic mass is 16.5. The van der Waals surface area contributed by atoms with Gasteiger partial charge in [-0.2, -0.15) is 0 Å². The lowest BCUT2D eigenvalue weighted by Crippen LogP contribution is -2.42. The Morgan fingerprint density at radius 3 is 2.71 bits per heavy atom. The highest BCUT2D eigenvalue weighted by molar-refractivity contribution is 5.93. The number of aldehydes is 1. The van der Waals surface area contributed by atoms with Crippen LogP contribution in [0.4, 0.5) is 0 Å². The fourth-order valence-electron chi connectivity index (χ4n) is 2.33. The van der Waals surface area contributed by atoms with Gasteiger partial charge >= 0.3 is 5.97 Å². The summed E-state index contributed by atoms with van der Waals surface area (Å²) in [4.78, 5) is 37.2. The first-order valence-electron chi connectivity index (χ1n) is 6.46. The Bertz CT molecular complexity index is 690. The number of methoxy groups -OCH3 is 1. The number of rotatable bonds is 5. The van der Waals surface area contributed by atoms with Crippen LogP contribution in [0.2, 0.25) is 0 Å². The summed E-state index contributed by atoms with van der Waals surface area (Å²) in [5.74, 6) is -0.884. The highest BCUT2D eigenvalue weighted by Crippen LogP contribution is 2.23. The summed E-state index contributed by atoms with van der Waals surface area (Å²) in [6.45, 7) is 1.33. The second kappa shape index (κ2) is 6.21. The Morgan fingerprint density at radius 2 is 2.10 bits per heavy atom. The molecule has 1 atom stereocenters. The highest BCUT2D eigenvalue weighted by Gasteiger charge is 2.23. The van der Waals surface area contributed by atoms with E-state index in [1.807, 2.05) is 24.3 Å². The van der Waals surface area contributed by atoms with Gasteiger partial charge in [0.2, 0.25) is 5.91 Å². The molecule has 0 radical (unpaired) electrons. The summed E-state index contributed by atoms with van der Waals surface area (Å²) >= 11 is 0. The lowest BCUT2D eigenvalue weighted by atomic mass is 10.0. The van der Waals surface area contributed by atoms with E-state index in [1.54, 1.807) is 0 Å². The van der Waals surface area contributed by atoms with Crippen LogP contribution in [0.15, 0.2) is 24.3 Å². The van der Waals surface area contributed by atoms with E-state index >= 15 is 0 Å². The number of nitrogens with one attached hydrogen (secondary N) is 2. The van der Waals surface area contributed by atoms with Crippen molar-refractivity contribution in [3.63, 3.8) is 0 Å². The van der Waals surface area contributed by atoms with Crippen molar-refractivity contribution in [3.8, 4) is 0 Å². The zero-order valence-electron chi connectivity index (χ0n) is 11.8. The molecule has 2 aromatic rings. The summed E-state index contributed by atoms with van der Waals surface area (Å²) in [5.41, 5.74) is 1.89. The molecule has 1 aromatic heterocycles. The van der Waals surface area contributed by atoms with Gasteiger partial charge in [0, 0.05) is 24.2 Å². The molecule has 110 valence electrons. The second-order valence-electron chi connectivity index (χ2n) is 4.66. The zero-order valence-corrected chi connectivity index (χ0v) is 11.8. The number of para-hydroxylation sites is 1. The maximum Gasteiger partial charge on any atom is 0.328 e. The number of ether oxygens (including phenoxy) is 1. The fraction of sp³-hybridized carbons (Fsp3) is 0.267. The van der Waals surface area contributed by atoms with Crippen LogP contribution in [0.1, 0.15) is 23.0 Å². The number of hydrogen-bond donors (Lipinski definition) is 2. The average molecular weight is 288 g/mol. The lowest BCUT2D eigenvalue weighted by molar-refractivity contribution is -0.144. The maximum absolute atomic E-state index is 11.8. The molecule has 0 spiro atoms. The summed E-state index contributed by atoms with van der Waals surface area (Å²) in [6.07, 6.45) is 0.891. The standard InChI is InChI=1S/C15H16N2O4/c1-9(19)16-13(15(20)21-2)7-11-10-5-3-4-6-12(10)17-14(11)8-18/h3-6,8,13,17H,7H2,1-2H3,(H,16,19). The van der Waals surface area contributed by atoms with Gasteiger partial charge in [-0.05, 0) is 11.6 Å². The van der Waals surface area contributed by atoms with E-state index in [0.29, 0.717) is 17.5 Å². The predicted octanol–water partition coefficient (Wildman–Crippen LogP) is 1.20. The Balaban J connectivity index is 2.41. The van der Waals surface area contributed by atoms with E-state index in [0.717, 1.165) is 10.9 Å². The number of benzene rings is 1. The van der Waals surface area contributed by atoms with Crippen LogP contribution in [0, 0.1) is 0 Å². The van der Waals surface area contributed by atoms with Crippen LogP contribution in [-0.2, 0) is 20.7 Å². The topological polar surface area (TPSA) is 88.3 Å². The van der Waals surface area contributed by atoms with Crippen LogP contribution in [0.3, 0.4) is 0 Å². The fourth-order valence-corrected chi connectivity index (χ4v) is 2.33.